The van der Waals surface area contributed by atoms with Gasteiger partial charge in [0.25, 0.3) is 5.65 Å². The van der Waals surface area contributed by atoms with Crippen molar-refractivity contribution in [2.75, 3.05) is 0 Å². The van der Waals surface area contributed by atoms with Gasteiger partial charge in [0.1, 0.15) is 5.52 Å². The number of hydrogen-bond donors (Lipinski definition) is 0. The summed E-state index contributed by atoms with van der Waals surface area (Å²) in [6.07, 6.45) is 0. The van der Waals surface area contributed by atoms with Crippen LogP contribution in [0.2, 0.25) is 0 Å². The average Bonchev–Trinajstić information content (AvgIpc) is 2.44. The van der Waals surface area contributed by atoms with E-state index < -0.39 is 4.92 Å². The quantitative estimate of drug-likeness (QED) is 0.494. The Bertz CT molecular complexity index is 610. The molecule has 0 saturated carbocycles. The van der Waals surface area contributed by atoms with Gasteiger partial charge in [-0.3, -0.25) is 9.13 Å². The summed E-state index contributed by atoms with van der Waals surface area (Å²) in [6, 6.07) is 2.80. The van der Waals surface area contributed by atoms with Crippen molar-refractivity contribution >= 4 is 17.0 Å². The average molecular weight is 208 g/mol. The maximum atomic E-state index is 11.5. The van der Waals surface area contributed by atoms with Crippen molar-refractivity contribution in [1.82, 2.24) is 14.1 Å². The molecular formula is C8H8N4O3. The number of rotatable bonds is 1. The maximum Gasteiger partial charge on any atom is 0.366 e. The smallest absolute Gasteiger partial charge is 0.358 e. The van der Waals surface area contributed by atoms with Gasteiger partial charge in [-0.1, -0.05) is 0 Å². The Balaban J connectivity index is 2.89. The van der Waals surface area contributed by atoms with E-state index >= 15 is 0 Å². The summed E-state index contributed by atoms with van der Waals surface area (Å²) in [4.78, 5) is 25.2. The molecule has 0 aliphatic carbocycles. The normalized spacial score (nSPS) is 10.8. The van der Waals surface area contributed by atoms with E-state index in [0.717, 1.165) is 0 Å². The van der Waals surface area contributed by atoms with Gasteiger partial charge in [0.05, 0.1) is 0 Å². The van der Waals surface area contributed by atoms with Gasteiger partial charge in [0.2, 0.25) is 0 Å². The third-order valence-corrected chi connectivity index (χ3v) is 2.28. The number of aromatic nitrogens is 3. The Hall–Kier alpha value is -2.18. The number of fused-ring (bicyclic) bond motifs is 1. The highest BCUT2D eigenvalue weighted by Crippen LogP contribution is 2.14. The van der Waals surface area contributed by atoms with Crippen LogP contribution in [0.15, 0.2) is 16.9 Å². The lowest BCUT2D eigenvalue weighted by Crippen LogP contribution is -2.19. The van der Waals surface area contributed by atoms with Gasteiger partial charge in [-0.25, -0.2) is 4.79 Å². The lowest BCUT2D eigenvalue weighted by molar-refractivity contribution is -0.389. The van der Waals surface area contributed by atoms with Gasteiger partial charge in [-0.15, -0.1) is 0 Å². The first-order valence-corrected chi connectivity index (χ1v) is 4.19. The Morgan fingerprint density at radius 1 is 1.33 bits per heavy atom. The molecule has 0 radical (unpaired) electrons. The van der Waals surface area contributed by atoms with Crippen LogP contribution in [0.5, 0.6) is 0 Å². The molecule has 0 amide bonds. The summed E-state index contributed by atoms with van der Waals surface area (Å²) < 4.78 is 2.67. The number of pyridine rings is 1. The van der Waals surface area contributed by atoms with Gasteiger partial charge in [0, 0.05) is 20.2 Å². The first kappa shape index (κ1) is 9.38. The predicted octanol–water partition coefficient (Wildman–Crippen LogP) is 0.180. The fraction of sp³-hybridized carbons (Fsp3) is 0.250. The lowest BCUT2D eigenvalue weighted by atomic mass is 10.4. The topological polar surface area (TPSA) is 83.0 Å². The van der Waals surface area contributed by atoms with Gasteiger partial charge >= 0.3 is 11.5 Å². The fourth-order valence-electron chi connectivity index (χ4n) is 1.46. The summed E-state index contributed by atoms with van der Waals surface area (Å²) in [5.41, 5.74) is 0.641. The Kier molecular flexibility index (Phi) is 1.82. The summed E-state index contributed by atoms with van der Waals surface area (Å²) in [7, 11) is 3.12. The molecule has 0 saturated heterocycles. The summed E-state index contributed by atoms with van der Waals surface area (Å²) in [6.45, 7) is 0. The van der Waals surface area contributed by atoms with Crippen molar-refractivity contribution < 1.29 is 4.92 Å². The summed E-state index contributed by atoms with van der Waals surface area (Å²) >= 11 is 0. The Morgan fingerprint density at radius 2 is 2.00 bits per heavy atom. The molecule has 0 atom stereocenters. The molecule has 7 heteroatoms. The minimum atomic E-state index is -0.586. The Labute approximate surface area is 83.7 Å². The van der Waals surface area contributed by atoms with Gasteiger partial charge in [-0.2, -0.15) is 0 Å². The molecule has 0 bridgehead atoms. The van der Waals surface area contributed by atoms with Gasteiger partial charge in [-0.05, 0) is 16.0 Å². The van der Waals surface area contributed by atoms with Crippen LogP contribution in [0.25, 0.3) is 11.2 Å². The highest BCUT2D eigenvalue weighted by molar-refractivity contribution is 5.72. The number of nitro groups is 1. The monoisotopic (exact) mass is 208 g/mol. The van der Waals surface area contributed by atoms with E-state index in [2.05, 4.69) is 4.98 Å². The fourth-order valence-corrected chi connectivity index (χ4v) is 1.46. The van der Waals surface area contributed by atoms with Crippen molar-refractivity contribution in [2.45, 2.75) is 0 Å². The van der Waals surface area contributed by atoms with E-state index in [1.165, 1.54) is 28.3 Å². The number of hydrogen-bond acceptors (Lipinski definition) is 4. The van der Waals surface area contributed by atoms with Crippen LogP contribution < -0.4 is 5.69 Å². The second-order valence-electron chi connectivity index (χ2n) is 3.17. The zero-order valence-electron chi connectivity index (χ0n) is 8.17. The summed E-state index contributed by atoms with van der Waals surface area (Å²) in [5.74, 6) is -0.260. The number of imidazole rings is 1. The van der Waals surface area contributed by atoms with Gasteiger partial charge < -0.3 is 10.1 Å². The first-order valence-electron chi connectivity index (χ1n) is 4.19. The zero-order valence-corrected chi connectivity index (χ0v) is 8.17. The van der Waals surface area contributed by atoms with Crippen LogP contribution >= 0.6 is 0 Å². The van der Waals surface area contributed by atoms with E-state index in [0.29, 0.717) is 11.2 Å². The molecule has 7 nitrogen and oxygen atoms in total. The molecule has 0 aromatic carbocycles. The van der Waals surface area contributed by atoms with Gasteiger partial charge in [0.15, 0.2) is 0 Å². The van der Waals surface area contributed by atoms with E-state index in [1.807, 2.05) is 0 Å². The zero-order chi connectivity index (χ0) is 11.2. The van der Waals surface area contributed by atoms with Crippen LogP contribution in [0.1, 0.15) is 0 Å². The number of nitrogens with zero attached hydrogens (tertiary/aromatic N) is 4. The third-order valence-electron chi connectivity index (χ3n) is 2.28. The van der Waals surface area contributed by atoms with Crippen LogP contribution in [-0.4, -0.2) is 19.0 Å². The highest BCUT2D eigenvalue weighted by atomic mass is 16.6. The van der Waals surface area contributed by atoms with E-state index in [1.54, 1.807) is 7.05 Å². The minimum absolute atomic E-state index is 0.252. The first-order chi connectivity index (χ1) is 7.02. The molecule has 0 unspecified atom stereocenters. The van der Waals surface area contributed by atoms with E-state index in [9.17, 15) is 14.9 Å². The molecule has 0 spiro atoms. The third kappa shape index (κ3) is 1.20. The highest BCUT2D eigenvalue weighted by Gasteiger charge is 2.16. The van der Waals surface area contributed by atoms with E-state index in [4.69, 9.17) is 0 Å². The molecule has 0 N–H and O–H groups in total. The standard InChI is InChI=1S/C8H8N4O3/c1-10-5-3-4-6(12(14)15)9-7(5)11(2)8(10)13/h3-4H,1-2H3. The lowest BCUT2D eigenvalue weighted by Gasteiger charge is -1.92. The van der Waals surface area contributed by atoms with Crippen LogP contribution in [-0.2, 0) is 14.1 Å². The van der Waals surface area contributed by atoms with Crippen molar-refractivity contribution in [3.05, 3.63) is 32.7 Å². The van der Waals surface area contributed by atoms with E-state index in [-0.39, 0.29) is 11.5 Å². The molecule has 0 aliphatic rings. The second kappa shape index (κ2) is 2.91. The van der Waals surface area contributed by atoms with Crippen molar-refractivity contribution in [3.8, 4) is 0 Å². The molecule has 0 aliphatic heterocycles. The molecule has 0 fully saturated rings. The molecule has 2 aromatic heterocycles. The van der Waals surface area contributed by atoms with Crippen molar-refractivity contribution in [3.63, 3.8) is 0 Å². The summed E-state index contributed by atoms with van der Waals surface area (Å²) in [5, 5.41) is 10.5. The SMILES string of the molecule is Cn1c(=O)n(C)c2nc([N+](=O)[O-])ccc21. The molecule has 2 aromatic rings. The number of aryl methyl sites for hydroxylation is 2. The van der Waals surface area contributed by atoms with Crippen LogP contribution in [0, 0.1) is 10.1 Å². The van der Waals surface area contributed by atoms with Crippen molar-refractivity contribution in [1.29, 1.82) is 0 Å². The predicted molar refractivity (Wildman–Crippen MR) is 52.6 cm³/mol. The Morgan fingerprint density at radius 3 is 2.60 bits per heavy atom. The molecule has 15 heavy (non-hydrogen) atoms. The van der Waals surface area contributed by atoms with Crippen molar-refractivity contribution in [2.24, 2.45) is 14.1 Å². The second-order valence-corrected chi connectivity index (χ2v) is 3.17. The molecule has 2 rings (SSSR count). The molecule has 78 valence electrons. The molecule has 2 heterocycles. The largest absolute Gasteiger partial charge is 0.366 e. The molecular weight excluding hydrogens is 200 g/mol. The maximum absolute atomic E-state index is 11.5. The minimum Gasteiger partial charge on any atom is -0.358 e. The van der Waals surface area contributed by atoms with Crippen LogP contribution in [0.3, 0.4) is 0 Å². The van der Waals surface area contributed by atoms with Crippen LogP contribution in [0.4, 0.5) is 5.82 Å².